The monoisotopic (exact) mass is 295 g/mol. The van der Waals surface area contributed by atoms with Crippen LogP contribution in [0, 0.1) is 0 Å². The molecule has 0 spiro atoms. The van der Waals surface area contributed by atoms with Crippen molar-refractivity contribution in [3.05, 3.63) is 24.3 Å². The minimum atomic E-state index is -3.67. The molecule has 0 fully saturated rings. The van der Waals surface area contributed by atoms with Gasteiger partial charge in [-0.15, -0.1) is 0 Å². The van der Waals surface area contributed by atoms with Crippen LogP contribution >= 0.6 is 0 Å². The maximum Gasteiger partial charge on any atom is 0.261 e. The molecule has 1 aromatic rings. The van der Waals surface area contributed by atoms with Gasteiger partial charge in [0, 0.05) is 12.2 Å². The fourth-order valence-electron chi connectivity index (χ4n) is 1.23. The summed E-state index contributed by atoms with van der Waals surface area (Å²) in [4.78, 5) is 0.0559. The van der Waals surface area contributed by atoms with Crippen LogP contribution in [0.25, 0.3) is 0 Å². The zero-order chi connectivity index (χ0) is 14.3. The van der Waals surface area contributed by atoms with E-state index in [4.69, 9.17) is 5.84 Å². The number of ether oxygens (including phenoxy) is 1. The summed E-state index contributed by atoms with van der Waals surface area (Å²) >= 11 is 0. The van der Waals surface area contributed by atoms with Gasteiger partial charge in [0.2, 0.25) is 10.0 Å². The van der Waals surface area contributed by atoms with E-state index in [1.54, 1.807) is 0 Å². The first-order valence-electron chi connectivity index (χ1n) is 5.38. The molecule has 0 aliphatic heterocycles. The minimum absolute atomic E-state index is 0.0559. The number of benzene rings is 1. The normalized spacial score (nSPS) is 11.8. The minimum Gasteiger partial charge on any atom is -0.374 e. The third-order valence-corrected chi connectivity index (χ3v) is 3.59. The smallest absolute Gasteiger partial charge is 0.261 e. The Balaban J connectivity index is 2.46. The van der Waals surface area contributed by atoms with Crippen LogP contribution in [-0.4, -0.2) is 34.6 Å². The highest BCUT2D eigenvalue weighted by atomic mass is 32.2. The molecule has 6 nitrogen and oxygen atoms in total. The molecule has 0 aliphatic rings. The summed E-state index contributed by atoms with van der Waals surface area (Å²) in [5.74, 6) is 5.15. The third kappa shape index (κ3) is 5.47. The Bertz CT molecular complexity index is 479. The number of sulfonamides is 1. The van der Waals surface area contributed by atoms with Crippen molar-refractivity contribution in [1.29, 1.82) is 0 Å². The van der Waals surface area contributed by atoms with Gasteiger partial charge in [0.25, 0.3) is 6.43 Å². The van der Waals surface area contributed by atoms with Crippen molar-refractivity contribution in [3.63, 3.8) is 0 Å². The second kappa shape index (κ2) is 7.34. The summed E-state index contributed by atoms with van der Waals surface area (Å²) in [5, 5.41) is 0. The van der Waals surface area contributed by atoms with E-state index in [0.29, 0.717) is 5.69 Å². The number of hydrogen-bond acceptors (Lipinski definition) is 5. The Labute approximate surface area is 110 Å². The lowest BCUT2D eigenvalue weighted by Gasteiger charge is -2.08. The summed E-state index contributed by atoms with van der Waals surface area (Å²) < 4.78 is 53.8. The lowest BCUT2D eigenvalue weighted by molar-refractivity contribution is 0.0199. The number of nitrogen functional groups attached to an aromatic ring is 1. The number of nitrogens with one attached hydrogen (secondary N) is 2. The van der Waals surface area contributed by atoms with Crippen molar-refractivity contribution in [1.82, 2.24) is 4.72 Å². The van der Waals surface area contributed by atoms with E-state index in [1.807, 2.05) is 0 Å². The van der Waals surface area contributed by atoms with E-state index in [-0.39, 0.29) is 18.0 Å². The van der Waals surface area contributed by atoms with Gasteiger partial charge in [-0.05, 0) is 24.3 Å². The van der Waals surface area contributed by atoms with Crippen LogP contribution in [0.3, 0.4) is 0 Å². The lowest BCUT2D eigenvalue weighted by atomic mass is 10.3. The fourth-order valence-corrected chi connectivity index (χ4v) is 2.25. The molecular formula is C10H15F2N3O3S. The van der Waals surface area contributed by atoms with Crippen molar-refractivity contribution < 1.29 is 21.9 Å². The number of hydrazine groups is 1. The predicted octanol–water partition coefficient (Wildman–Crippen LogP) is 0.532. The Hall–Kier alpha value is -1.29. The number of anilines is 1. The largest absolute Gasteiger partial charge is 0.374 e. The average molecular weight is 295 g/mol. The van der Waals surface area contributed by atoms with Gasteiger partial charge in [0.15, 0.2) is 0 Å². The average Bonchev–Trinajstić information content (AvgIpc) is 2.38. The van der Waals surface area contributed by atoms with Crippen LogP contribution < -0.4 is 16.0 Å². The molecule has 0 atom stereocenters. The van der Waals surface area contributed by atoms with E-state index in [2.05, 4.69) is 14.9 Å². The van der Waals surface area contributed by atoms with Gasteiger partial charge < -0.3 is 10.2 Å². The van der Waals surface area contributed by atoms with Crippen molar-refractivity contribution >= 4 is 15.7 Å². The highest BCUT2D eigenvalue weighted by molar-refractivity contribution is 7.89. The van der Waals surface area contributed by atoms with E-state index in [0.717, 1.165) is 0 Å². The summed E-state index contributed by atoms with van der Waals surface area (Å²) in [5.41, 5.74) is 2.94. The zero-order valence-corrected chi connectivity index (χ0v) is 10.8. The zero-order valence-electron chi connectivity index (χ0n) is 9.97. The van der Waals surface area contributed by atoms with Gasteiger partial charge >= 0.3 is 0 Å². The number of rotatable bonds is 8. The van der Waals surface area contributed by atoms with Crippen LogP contribution in [0.1, 0.15) is 0 Å². The van der Waals surface area contributed by atoms with Crippen molar-refractivity contribution in [2.24, 2.45) is 5.84 Å². The molecular weight excluding hydrogens is 280 g/mol. The molecule has 0 bridgehead atoms. The molecule has 1 aromatic carbocycles. The summed E-state index contributed by atoms with van der Waals surface area (Å²) in [6, 6.07) is 5.75. The van der Waals surface area contributed by atoms with Gasteiger partial charge in [0.1, 0.15) is 6.61 Å². The molecule has 108 valence electrons. The summed E-state index contributed by atoms with van der Waals surface area (Å²) in [6.07, 6.45) is -2.56. The van der Waals surface area contributed by atoms with Crippen LogP contribution in [0.5, 0.6) is 0 Å². The quantitative estimate of drug-likeness (QED) is 0.369. The molecule has 4 N–H and O–H groups in total. The number of halogens is 2. The first-order valence-corrected chi connectivity index (χ1v) is 6.86. The molecule has 19 heavy (non-hydrogen) atoms. The van der Waals surface area contributed by atoms with E-state index >= 15 is 0 Å². The van der Waals surface area contributed by atoms with E-state index in [1.165, 1.54) is 24.3 Å². The van der Waals surface area contributed by atoms with Crippen molar-refractivity contribution in [2.75, 3.05) is 25.2 Å². The second-order valence-corrected chi connectivity index (χ2v) is 5.30. The molecule has 1 rings (SSSR count). The van der Waals surface area contributed by atoms with Crippen LogP contribution in [-0.2, 0) is 14.8 Å². The van der Waals surface area contributed by atoms with Gasteiger partial charge in [-0.1, -0.05) is 0 Å². The lowest BCUT2D eigenvalue weighted by Crippen LogP contribution is -2.28. The predicted molar refractivity (Wildman–Crippen MR) is 66.3 cm³/mol. The first kappa shape index (κ1) is 15.8. The molecule has 0 saturated heterocycles. The first-order chi connectivity index (χ1) is 8.95. The SMILES string of the molecule is NNc1ccc(S(=O)(=O)NCCOCC(F)F)cc1. The molecule has 0 saturated carbocycles. The molecule has 0 radical (unpaired) electrons. The molecule has 0 aromatic heterocycles. The number of nitrogens with two attached hydrogens (primary N) is 1. The van der Waals surface area contributed by atoms with Gasteiger partial charge in [-0.2, -0.15) is 0 Å². The van der Waals surface area contributed by atoms with Gasteiger partial charge in [-0.3, -0.25) is 5.84 Å². The molecule has 0 aliphatic carbocycles. The molecule has 0 amide bonds. The van der Waals surface area contributed by atoms with E-state index < -0.39 is 23.1 Å². The highest BCUT2D eigenvalue weighted by Gasteiger charge is 2.13. The van der Waals surface area contributed by atoms with Gasteiger partial charge in [0.05, 0.1) is 11.5 Å². The number of hydrogen-bond donors (Lipinski definition) is 3. The van der Waals surface area contributed by atoms with Crippen LogP contribution in [0.4, 0.5) is 14.5 Å². The topological polar surface area (TPSA) is 93.5 Å². The van der Waals surface area contributed by atoms with Crippen molar-refractivity contribution in [2.45, 2.75) is 11.3 Å². The fraction of sp³-hybridized carbons (Fsp3) is 0.400. The van der Waals surface area contributed by atoms with E-state index in [9.17, 15) is 17.2 Å². The standard InChI is InChI=1S/C10H15F2N3O3S/c11-10(12)7-18-6-5-14-19(16,17)9-3-1-8(15-13)2-4-9/h1-4,10,14-15H,5-7,13H2. The Morgan fingerprint density at radius 1 is 1.26 bits per heavy atom. The van der Waals surface area contributed by atoms with Crippen LogP contribution in [0.2, 0.25) is 0 Å². The molecule has 0 heterocycles. The Morgan fingerprint density at radius 2 is 1.89 bits per heavy atom. The molecule has 0 unspecified atom stereocenters. The van der Waals surface area contributed by atoms with Crippen molar-refractivity contribution in [3.8, 4) is 0 Å². The van der Waals surface area contributed by atoms with Crippen LogP contribution in [0.15, 0.2) is 29.2 Å². The summed E-state index contributed by atoms with van der Waals surface area (Å²) in [6.45, 7) is -0.906. The summed E-state index contributed by atoms with van der Waals surface area (Å²) in [7, 11) is -3.67. The maximum atomic E-state index is 11.8. The third-order valence-electron chi connectivity index (χ3n) is 2.11. The molecule has 9 heteroatoms. The number of alkyl halides is 2. The van der Waals surface area contributed by atoms with Gasteiger partial charge in [-0.25, -0.2) is 21.9 Å². The second-order valence-electron chi connectivity index (χ2n) is 3.53. The Morgan fingerprint density at radius 3 is 2.42 bits per heavy atom. The maximum absolute atomic E-state index is 11.8. The highest BCUT2D eigenvalue weighted by Crippen LogP contribution is 2.12. The Kier molecular flexibility index (Phi) is 6.09.